The maximum atomic E-state index is 4.85. The Labute approximate surface area is 123 Å². The third-order valence-electron chi connectivity index (χ3n) is 4.07. The Morgan fingerprint density at radius 2 is 1.58 bits per heavy atom. The van der Waals surface area contributed by atoms with Gasteiger partial charge in [-0.1, -0.05) is 0 Å². The first kappa shape index (κ1) is 16.9. The van der Waals surface area contributed by atoms with Crippen LogP contribution in [0.5, 0.6) is 0 Å². The van der Waals surface area contributed by atoms with Crippen LogP contribution >= 0.6 is 0 Å². The van der Waals surface area contributed by atoms with Crippen molar-refractivity contribution in [2.75, 3.05) is 0 Å². The second-order valence-corrected chi connectivity index (χ2v) is 18.8. The standard InChI is InChI=1S/C5H5N2.2C4H9.C3H7.Sn/c1-5-6-3-2-4-7-5;2*1-3-4-2;1-3-2;/h2-3H,1H3;2*1,3-4H2,2H3;1,3H2,2H3;. The Balaban J connectivity index is 3.04. The van der Waals surface area contributed by atoms with Gasteiger partial charge in [-0.3, -0.25) is 0 Å². The van der Waals surface area contributed by atoms with Gasteiger partial charge in [-0.15, -0.1) is 0 Å². The molecule has 0 aliphatic rings. The summed E-state index contributed by atoms with van der Waals surface area (Å²) in [7, 11) is 0. The van der Waals surface area contributed by atoms with Crippen LogP contribution in [0.15, 0.2) is 12.3 Å². The first-order valence-corrected chi connectivity index (χ1v) is 15.5. The molecule has 0 aliphatic carbocycles. The zero-order valence-corrected chi connectivity index (χ0v) is 16.1. The maximum absolute atomic E-state index is 4.85. The molecule has 2 nitrogen and oxygen atoms in total. The summed E-state index contributed by atoms with van der Waals surface area (Å²) >= 11 is -2.26. The molecule has 0 bridgehead atoms. The van der Waals surface area contributed by atoms with E-state index in [9.17, 15) is 0 Å². The molecule has 3 heteroatoms. The molecule has 0 N–H and O–H groups in total. The minimum atomic E-state index is -2.26. The average molecular weight is 369 g/mol. The van der Waals surface area contributed by atoms with Crippen molar-refractivity contribution in [3.8, 4) is 0 Å². The fourth-order valence-electron chi connectivity index (χ4n) is 3.02. The molecule has 0 aromatic carbocycles. The molecule has 0 aliphatic heterocycles. The second-order valence-electron chi connectivity index (χ2n) is 5.73. The third-order valence-corrected chi connectivity index (χ3v) is 19.6. The van der Waals surface area contributed by atoms with E-state index in [2.05, 4.69) is 31.8 Å². The zero-order chi connectivity index (χ0) is 14.1. The topological polar surface area (TPSA) is 25.8 Å². The third kappa shape index (κ3) is 5.05. The van der Waals surface area contributed by atoms with Gasteiger partial charge in [0, 0.05) is 0 Å². The van der Waals surface area contributed by atoms with Gasteiger partial charge in [0.1, 0.15) is 0 Å². The van der Waals surface area contributed by atoms with Gasteiger partial charge < -0.3 is 0 Å². The molecule has 0 amide bonds. The van der Waals surface area contributed by atoms with E-state index in [1.165, 1.54) is 49.1 Å². The van der Waals surface area contributed by atoms with E-state index in [1.807, 2.05) is 13.1 Å². The summed E-state index contributed by atoms with van der Waals surface area (Å²) < 4.78 is 5.92. The van der Waals surface area contributed by atoms with Crippen LogP contribution in [0.3, 0.4) is 0 Å². The molecular formula is C16H30N2Sn. The van der Waals surface area contributed by atoms with Crippen molar-refractivity contribution in [3.05, 3.63) is 18.1 Å². The predicted molar refractivity (Wildman–Crippen MR) is 86.7 cm³/mol. The van der Waals surface area contributed by atoms with Gasteiger partial charge in [-0.25, -0.2) is 0 Å². The fraction of sp³-hybridized carbons (Fsp3) is 0.750. The van der Waals surface area contributed by atoms with Gasteiger partial charge in [0.2, 0.25) is 0 Å². The summed E-state index contributed by atoms with van der Waals surface area (Å²) in [4.78, 5) is 9.15. The molecule has 0 spiro atoms. The van der Waals surface area contributed by atoms with E-state index in [0.29, 0.717) is 0 Å². The first-order chi connectivity index (χ1) is 9.18. The van der Waals surface area contributed by atoms with E-state index in [-0.39, 0.29) is 0 Å². The summed E-state index contributed by atoms with van der Waals surface area (Å²) in [6.45, 7) is 9.00. The van der Waals surface area contributed by atoms with E-state index in [4.69, 9.17) is 4.98 Å². The number of rotatable bonds is 9. The SMILES string of the molecule is CCC[CH2][Sn]([CH2]CC)([CH2]CCC)[c]1ccnc(C)n1. The number of aromatic nitrogens is 2. The quantitative estimate of drug-likeness (QED) is 0.601. The van der Waals surface area contributed by atoms with Crippen molar-refractivity contribution < 1.29 is 0 Å². The Morgan fingerprint density at radius 3 is 2.05 bits per heavy atom. The molecule has 0 fully saturated rings. The van der Waals surface area contributed by atoms with Gasteiger partial charge in [0.25, 0.3) is 0 Å². The average Bonchev–Trinajstić information content (AvgIpc) is 2.42. The Hall–Kier alpha value is -0.121. The van der Waals surface area contributed by atoms with Crippen molar-refractivity contribution in [2.24, 2.45) is 0 Å². The molecule has 0 atom stereocenters. The van der Waals surface area contributed by atoms with E-state index in [0.717, 1.165) is 5.82 Å². The van der Waals surface area contributed by atoms with Crippen LogP contribution in [0.4, 0.5) is 0 Å². The van der Waals surface area contributed by atoms with Crippen molar-refractivity contribution in [1.82, 2.24) is 9.97 Å². The molecule has 0 saturated heterocycles. The monoisotopic (exact) mass is 370 g/mol. The molecular weight excluding hydrogens is 339 g/mol. The summed E-state index contributed by atoms with van der Waals surface area (Å²) in [5.41, 5.74) is 0. The normalized spacial score (nSPS) is 11.8. The van der Waals surface area contributed by atoms with Crippen LogP contribution in [-0.2, 0) is 0 Å². The van der Waals surface area contributed by atoms with Gasteiger partial charge in [-0.2, -0.15) is 0 Å². The van der Waals surface area contributed by atoms with E-state index in [1.54, 1.807) is 0 Å². The van der Waals surface area contributed by atoms with Crippen LogP contribution in [0.25, 0.3) is 0 Å². The molecule has 0 saturated carbocycles. The number of hydrogen-bond donors (Lipinski definition) is 0. The van der Waals surface area contributed by atoms with Crippen LogP contribution in [0, 0.1) is 6.92 Å². The number of hydrogen-bond acceptors (Lipinski definition) is 2. The Bertz CT molecular complexity index is 358. The molecule has 1 aromatic rings. The van der Waals surface area contributed by atoms with E-state index >= 15 is 0 Å². The number of unbranched alkanes of at least 4 members (excludes halogenated alkanes) is 2. The van der Waals surface area contributed by atoms with Gasteiger partial charge in [0.15, 0.2) is 0 Å². The molecule has 0 radical (unpaired) electrons. The predicted octanol–water partition coefficient (Wildman–Crippen LogP) is 4.45. The minimum absolute atomic E-state index is 0.961. The van der Waals surface area contributed by atoms with Crippen molar-refractivity contribution in [2.45, 2.75) is 73.1 Å². The summed E-state index contributed by atoms with van der Waals surface area (Å²) in [6.07, 6.45) is 8.73. The van der Waals surface area contributed by atoms with Gasteiger partial charge in [-0.05, 0) is 0 Å². The van der Waals surface area contributed by atoms with Crippen LogP contribution < -0.4 is 3.71 Å². The summed E-state index contributed by atoms with van der Waals surface area (Å²) in [5.74, 6) is 0.961. The molecule has 19 heavy (non-hydrogen) atoms. The van der Waals surface area contributed by atoms with Crippen molar-refractivity contribution in [1.29, 1.82) is 0 Å². The molecule has 108 valence electrons. The van der Waals surface area contributed by atoms with Crippen LogP contribution in [0.1, 0.15) is 58.7 Å². The second kappa shape index (κ2) is 8.93. The van der Waals surface area contributed by atoms with Crippen molar-refractivity contribution >= 4 is 22.1 Å². The molecule has 1 heterocycles. The molecule has 1 rings (SSSR count). The van der Waals surface area contributed by atoms with Gasteiger partial charge >= 0.3 is 123 Å². The summed E-state index contributed by atoms with van der Waals surface area (Å²) in [5, 5.41) is 0. The first-order valence-electron chi connectivity index (χ1n) is 7.98. The summed E-state index contributed by atoms with van der Waals surface area (Å²) in [6, 6.07) is 2.24. The van der Waals surface area contributed by atoms with Crippen molar-refractivity contribution in [3.63, 3.8) is 0 Å². The van der Waals surface area contributed by atoms with Gasteiger partial charge in [0.05, 0.1) is 0 Å². The number of aryl methyl sites for hydroxylation is 1. The zero-order valence-electron chi connectivity index (χ0n) is 13.2. The van der Waals surface area contributed by atoms with E-state index < -0.39 is 18.4 Å². The Morgan fingerprint density at radius 1 is 0.947 bits per heavy atom. The molecule has 1 aromatic heterocycles. The van der Waals surface area contributed by atoms with Crippen LogP contribution in [0.2, 0.25) is 13.3 Å². The Kier molecular flexibility index (Phi) is 7.96. The fourth-order valence-corrected chi connectivity index (χ4v) is 18.3. The number of nitrogens with zero attached hydrogens (tertiary/aromatic N) is 2. The van der Waals surface area contributed by atoms with Crippen LogP contribution in [-0.4, -0.2) is 28.3 Å². The molecule has 0 unspecified atom stereocenters.